The van der Waals surface area contributed by atoms with Gasteiger partial charge in [-0.15, -0.1) is 11.3 Å². The number of thiophene rings is 1. The zero-order chi connectivity index (χ0) is 20.8. The smallest absolute Gasteiger partial charge is 0.341 e. The van der Waals surface area contributed by atoms with Gasteiger partial charge in [0.05, 0.1) is 12.7 Å². The first kappa shape index (κ1) is 20.1. The molecule has 1 aromatic heterocycles. The van der Waals surface area contributed by atoms with Crippen LogP contribution in [0.1, 0.15) is 65.9 Å². The zero-order valence-corrected chi connectivity index (χ0v) is 18.4. The van der Waals surface area contributed by atoms with Gasteiger partial charge in [0.2, 0.25) is 5.91 Å². The van der Waals surface area contributed by atoms with Crippen LogP contribution in [0.2, 0.25) is 0 Å². The van der Waals surface area contributed by atoms with Gasteiger partial charge >= 0.3 is 5.97 Å². The number of amides is 1. The largest absolute Gasteiger partial charge is 0.465 e. The Kier molecular flexibility index (Phi) is 5.28. The minimum Gasteiger partial charge on any atom is -0.465 e. The fraction of sp³-hybridized carbons (Fsp3) is 0.500. The van der Waals surface area contributed by atoms with Gasteiger partial charge in [-0.2, -0.15) is 0 Å². The molecule has 4 nitrogen and oxygen atoms in total. The minimum atomic E-state index is -0.345. The van der Waals surface area contributed by atoms with Crippen molar-refractivity contribution in [2.24, 2.45) is 17.3 Å². The highest BCUT2D eigenvalue weighted by Crippen LogP contribution is 2.49. The van der Waals surface area contributed by atoms with Crippen LogP contribution in [-0.4, -0.2) is 19.0 Å². The van der Waals surface area contributed by atoms with Crippen molar-refractivity contribution in [1.82, 2.24) is 0 Å². The molecule has 2 aliphatic rings. The molecule has 1 aromatic carbocycles. The summed E-state index contributed by atoms with van der Waals surface area (Å²) in [6.07, 6.45) is 3.74. The number of methoxy groups -OCH3 is 1. The summed E-state index contributed by atoms with van der Waals surface area (Å²) >= 11 is 1.56. The van der Waals surface area contributed by atoms with Crippen molar-refractivity contribution in [3.05, 3.63) is 51.9 Å². The molecule has 1 saturated carbocycles. The summed E-state index contributed by atoms with van der Waals surface area (Å²) in [5.41, 5.74) is 3.09. The first-order valence-electron chi connectivity index (χ1n) is 10.4. The minimum absolute atomic E-state index is 0.00924. The lowest BCUT2D eigenvalue weighted by atomic mass is 9.72. The van der Waals surface area contributed by atoms with E-state index in [0.29, 0.717) is 16.5 Å². The molecular formula is C24H29NO3S. The Bertz CT molecular complexity index is 926. The quantitative estimate of drug-likeness (QED) is 0.683. The molecule has 1 N–H and O–H groups in total. The predicted molar refractivity (Wildman–Crippen MR) is 117 cm³/mol. The molecule has 1 heterocycles. The van der Waals surface area contributed by atoms with Crippen LogP contribution in [-0.2, 0) is 22.4 Å². The molecule has 0 radical (unpaired) electrons. The van der Waals surface area contributed by atoms with Crippen molar-refractivity contribution >= 4 is 28.2 Å². The third kappa shape index (κ3) is 3.97. The molecule has 0 unspecified atom stereocenters. The highest BCUT2D eigenvalue weighted by atomic mass is 32.1. The number of hydrogen-bond donors (Lipinski definition) is 1. The number of ether oxygens (including phenoxy) is 1. The van der Waals surface area contributed by atoms with Crippen molar-refractivity contribution in [3.63, 3.8) is 0 Å². The van der Waals surface area contributed by atoms with E-state index in [0.717, 1.165) is 31.2 Å². The highest BCUT2D eigenvalue weighted by Gasteiger charge is 2.44. The van der Waals surface area contributed by atoms with Crippen LogP contribution in [0.25, 0.3) is 0 Å². The van der Waals surface area contributed by atoms with Crippen molar-refractivity contribution < 1.29 is 14.3 Å². The van der Waals surface area contributed by atoms with Gasteiger partial charge < -0.3 is 10.1 Å². The van der Waals surface area contributed by atoms with Crippen LogP contribution < -0.4 is 5.32 Å². The Morgan fingerprint density at radius 2 is 1.90 bits per heavy atom. The van der Waals surface area contributed by atoms with Crippen LogP contribution in [0.5, 0.6) is 0 Å². The molecule has 0 spiro atoms. The normalized spacial score (nSPS) is 23.2. The average Bonchev–Trinajstić information content (AvgIpc) is 3.42. The molecule has 3 atom stereocenters. The number of hydrogen-bond acceptors (Lipinski definition) is 4. The Morgan fingerprint density at radius 1 is 1.17 bits per heavy atom. The Hall–Kier alpha value is -2.14. The predicted octanol–water partition coefficient (Wildman–Crippen LogP) is 5.43. The Labute approximate surface area is 176 Å². The fourth-order valence-corrected chi connectivity index (χ4v) is 5.81. The van der Waals surface area contributed by atoms with Gasteiger partial charge in [-0.3, -0.25) is 4.79 Å². The lowest BCUT2D eigenvalue weighted by Crippen LogP contribution is -2.26. The molecule has 5 heteroatoms. The van der Waals surface area contributed by atoms with Gasteiger partial charge in [0.15, 0.2) is 0 Å². The molecule has 4 rings (SSSR count). The van der Waals surface area contributed by atoms with Crippen LogP contribution in [0.3, 0.4) is 0 Å². The average molecular weight is 412 g/mol. The molecule has 0 bridgehead atoms. The SMILES string of the molecule is COC(=O)c1c(NC(=O)[C@@H]2C[C@@H]2c2ccccc2)sc2c1CC[C@H](C(C)(C)C)C2. The molecule has 2 aliphatic carbocycles. The van der Waals surface area contributed by atoms with Crippen molar-refractivity contribution in [2.75, 3.05) is 12.4 Å². The van der Waals surface area contributed by atoms with Gasteiger partial charge in [0, 0.05) is 10.8 Å². The number of rotatable bonds is 4. The molecule has 0 saturated heterocycles. The third-order valence-corrected chi connectivity index (χ3v) is 7.64. The summed E-state index contributed by atoms with van der Waals surface area (Å²) in [6.45, 7) is 6.82. The van der Waals surface area contributed by atoms with Gasteiger partial charge in [-0.1, -0.05) is 51.1 Å². The number of nitrogens with one attached hydrogen (secondary N) is 1. The van der Waals surface area contributed by atoms with Crippen molar-refractivity contribution in [3.8, 4) is 0 Å². The van der Waals surface area contributed by atoms with Crippen molar-refractivity contribution in [1.29, 1.82) is 0 Å². The lowest BCUT2D eigenvalue weighted by molar-refractivity contribution is -0.117. The van der Waals surface area contributed by atoms with Crippen LogP contribution in [0, 0.1) is 17.3 Å². The van der Waals surface area contributed by atoms with Gasteiger partial charge in [0.25, 0.3) is 0 Å². The van der Waals surface area contributed by atoms with E-state index in [1.54, 1.807) is 11.3 Å². The summed E-state index contributed by atoms with van der Waals surface area (Å²) in [5.74, 6) is 0.493. The maximum atomic E-state index is 12.9. The standard InChI is InChI=1S/C24H29NO3S/c1-24(2,3)15-10-11-16-19(12-15)29-22(20(16)23(27)28-4)25-21(26)18-13-17(18)14-8-6-5-7-9-14/h5-9,15,17-18H,10-13H2,1-4H3,(H,25,26)/t15-,17+,18+/m0/s1. The second-order valence-corrected chi connectivity index (χ2v) is 10.5. The zero-order valence-electron chi connectivity index (χ0n) is 17.6. The summed E-state index contributed by atoms with van der Waals surface area (Å²) in [6, 6.07) is 10.2. The third-order valence-electron chi connectivity index (χ3n) is 6.47. The molecule has 1 amide bonds. The maximum Gasteiger partial charge on any atom is 0.341 e. The maximum absolute atomic E-state index is 12.9. The molecular weight excluding hydrogens is 382 g/mol. The number of fused-ring (bicyclic) bond motifs is 1. The van der Waals surface area contributed by atoms with E-state index in [1.165, 1.54) is 17.6 Å². The number of anilines is 1. The highest BCUT2D eigenvalue weighted by molar-refractivity contribution is 7.17. The Morgan fingerprint density at radius 3 is 2.55 bits per heavy atom. The Balaban J connectivity index is 1.55. The van der Waals surface area contributed by atoms with E-state index in [9.17, 15) is 9.59 Å². The molecule has 29 heavy (non-hydrogen) atoms. The van der Waals surface area contributed by atoms with Crippen LogP contribution in [0.4, 0.5) is 5.00 Å². The fourth-order valence-electron chi connectivity index (χ4n) is 4.49. The number of carbonyl (C=O) groups excluding carboxylic acids is 2. The molecule has 1 fully saturated rings. The number of benzene rings is 1. The van der Waals surface area contributed by atoms with Gasteiger partial charge in [-0.05, 0) is 54.1 Å². The monoisotopic (exact) mass is 411 g/mol. The molecule has 0 aliphatic heterocycles. The van der Waals surface area contributed by atoms with E-state index in [2.05, 4.69) is 38.2 Å². The first-order chi connectivity index (χ1) is 13.8. The number of esters is 1. The molecule has 154 valence electrons. The first-order valence-corrected chi connectivity index (χ1v) is 11.2. The summed E-state index contributed by atoms with van der Waals surface area (Å²) in [7, 11) is 1.41. The van der Waals surface area contributed by atoms with Crippen LogP contribution >= 0.6 is 11.3 Å². The lowest BCUT2D eigenvalue weighted by Gasteiger charge is -2.33. The summed E-state index contributed by atoms with van der Waals surface area (Å²) in [4.78, 5) is 26.7. The van der Waals surface area contributed by atoms with E-state index < -0.39 is 0 Å². The summed E-state index contributed by atoms with van der Waals surface area (Å²) in [5, 5.41) is 3.74. The van der Waals surface area contributed by atoms with Gasteiger partial charge in [0.1, 0.15) is 5.00 Å². The second kappa shape index (κ2) is 7.60. The summed E-state index contributed by atoms with van der Waals surface area (Å²) < 4.78 is 5.06. The second-order valence-electron chi connectivity index (χ2n) is 9.35. The number of carbonyl (C=O) groups is 2. The van der Waals surface area contributed by atoms with E-state index in [4.69, 9.17) is 4.74 Å². The van der Waals surface area contributed by atoms with E-state index >= 15 is 0 Å². The van der Waals surface area contributed by atoms with Crippen molar-refractivity contribution in [2.45, 2.75) is 52.4 Å². The van der Waals surface area contributed by atoms with E-state index in [-0.39, 0.29) is 29.1 Å². The van der Waals surface area contributed by atoms with Gasteiger partial charge in [-0.25, -0.2) is 4.79 Å². The molecule has 2 aromatic rings. The topological polar surface area (TPSA) is 55.4 Å². The van der Waals surface area contributed by atoms with Crippen LogP contribution in [0.15, 0.2) is 30.3 Å². The van der Waals surface area contributed by atoms with E-state index in [1.807, 2.05) is 18.2 Å².